The first-order chi connectivity index (χ1) is 17.8. The monoisotopic (exact) mass is 507 g/mol. The van der Waals surface area contributed by atoms with Gasteiger partial charge < -0.3 is 19.6 Å². The minimum absolute atomic E-state index is 0.196. The summed E-state index contributed by atoms with van der Waals surface area (Å²) in [5, 5.41) is 9.38. The number of hydrogen-bond donors (Lipinski definition) is 1. The molecule has 0 bridgehead atoms. The Kier molecular flexibility index (Phi) is 9.31. The van der Waals surface area contributed by atoms with Gasteiger partial charge in [-0.25, -0.2) is 4.98 Å². The van der Waals surface area contributed by atoms with Crippen molar-refractivity contribution in [1.29, 1.82) is 0 Å². The van der Waals surface area contributed by atoms with Gasteiger partial charge in [0.05, 0.1) is 6.04 Å². The second-order valence-corrected chi connectivity index (χ2v) is 12.5. The second kappa shape index (κ2) is 12.3. The molecule has 0 radical (unpaired) electrons. The van der Waals surface area contributed by atoms with Crippen molar-refractivity contribution in [2.45, 2.75) is 95.6 Å². The highest BCUT2D eigenvalue weighted by Gasteiger charge is 2.39. The Balaban J connectivity index is 1.67. The molecule has 2 heterocycles. The number of piperidine rings is 1. The van der Waals surface area contributed by atoms with E-state index in [0.29, 0.717) is 12.1 Å². The molecule has 1 aromatic heterocycles. The molecule has 0 spiro atoms. The van der Waals surface area contributed by atoms with Gasteiger partial charge in [0.1, 0.15) is 5.82 Å². The second-order valence-electron chi connectivity index (χ2n) is 12.5. The number of nitrogens with zero attached hydrogens (tertiary/aromatic N) is 3. The highest BCUT2D eigenvalue weighted by Crippen LogP contribution is 2.47. The minimum atomic E-state index is 0.196. The van der Waals surface area contributed by atoms with E-state index < -0.39 is 0 Å². The number of aliphatic hydroxyl groups is 1. The lowest BCUT2D eigenvalue weighted by Crippen LogP contribution is -2.47. The maximum Gasteiger partial charge on any atom is 0.128 e. The Morgan fingerprint density at radius 1 is 1.00 bits per heavy atom. The molecule has 2 atom stereocenters. The van der Waals surface area contributed by atoms with Crippen LogP contribution in [0.3, 0.4) is 0 Å². The number of ether oxygens (including phenoxy) is 1. The molecule has 5 heteroatoms. The van der Waals surface area contributed by atoms with Gasteiger partial charge in [-0.3, -0.25) is 0 Å². The van der Waals surface area contributed by atoms with Gasteiger partial charge in [0.25, 0.3) is 0 Å². The van der Waals surface area contributed by atoms with E-state index in [9.17, 15) is 5.11 Å². The average Bonchev–Trinajstić information content (AvgIpc) is 2.91. The number of aromatic nitrogens is 1. The molecule has 0 saturated carbocycles. The lowest BCUT2D eigenvalue weighted by atomic mass is 9.62. The van der Waals surface area contributed by atoms with Crippen LogP contribution >= 0.6 is 0 Å². The summed E-state index contributed by atoms with van der Waals surface area (Å²) in [7, 11) is 1.79. The molecular weight excluding hydrogens is 458 g/mol. The Morgan fingerprint density at radius 2 is 1.76 bits per heavy atom. The number of rotatable bonds is 11. The molecule has 37 heavy (non-hydrogen) atoms. The summed E-state index contributed by atoms with van der Waals surface area (Å²) < 4.78 is 5.38. The van der Waals surface area contributed by atoms with E-state index in [2.05, 4.69) is 67.8 Å². The number of aliphatic hydroxyl groups excluding tert-OH is 1. The third kappa shape index (κ3) is 6.55. The van der Waals surface area contributed by atoms with E-state index in [0.717, 1.165) is 64.2 Å². The summed E-state index contributed by atoms with van der Waals surface area (Å²) in [6.45, 7) is 13.8. The summed E-state index contributed by atoms with van der Waals surface area (Å²) in [5.74, 6) is 1.08. The number of pyridine rings is 1. The first-order valence-electron chi connectivity index (χ1n) is 14.4. The Labute approximate surface area is 225 Å². The number of unbranched alkanes of at least 4 members (excludes halogenated alkanes) is 1. The van der Waals surface area contributed by atoms with Crippen molar-refractivity contribution in [3.05, 3.63) is 59.3 Å². The normalized spacial score (nSPS) is 22.7. The van der Waals surface area contributed by atoms with Gasteiger partial charge >= 0.3 is 0 Å². The van der Waals surface area contributed by atoms with Gasteiger partial charge in [0.15, 0.2) is 0 Å². The molecule has 1 aliphatic heterocycles. The molecule has 204 valence electrons. The fraction of sp³-hybridized carbons (Fsp3) is 0.656. The van der Waals surface area contributed by atoms with Crippen LogP contribution in [0.5, 0.6) is 0 Å². The van der Waals surface area contributed by atoms with Crippen LogP contribution in [0.1, 0.15) is 95.4 Å². The maximum absolute atomic E-state index is 9.38. The summed E-state index contributed by atoms with van der Waals surface area (Å²) >= 11 is 0. The zero-order valence-electron chi connectivity index (χ0n) is 23.9. The van der Waals surface area contributed by atoms with E-state index >= 15 is 0 Å². The third-order valence-electron chi connectivity index (χ3n) is 8.94. The fourth-order valence-corrected chi connectivity index (χ4v) is 6.52. The molecule has 1 N–H and O–H groups in total. The summed E-state index contributed by atoms with van der Waals surface area (Å²) in [4.78, 5) is 9.99. The largest absolute Gasteiger partial charge is 0.396 e. The van der Waals surface area contributed by atoms with Crippen LogP contribution < -0.4 is 4.90 Å². The zero-order valence-corrected chi connectivity index (χ0v) is 23.9. The molecule has 1 aliphatic carbocycles. The van der Waals surface area contributed by atoms with Crippen molar-refractivity contribution in [2.75, 3.05) is 44.9 Å². The van der Waals surface area contributed by atoms with Crippen molar-refractivity contribution in [3.8, 4) is 0 Å². The highest BCUT2D eigenvalue weighted by atomic mass is 16.5. The topological polar surface area (TPSA) is 48.8 Å². The number of fused-ring (bicyclic) bond motifs is 1. The molecule has 1 aromatic carbocycles. The van der Waals surface area contributed by atoms with Gasteiger partial charge in [-0.15, -0.1) is 0 Å². The van der Waals surface area contributed by atoms with Crippen LogP contribution in [0.2, 0.25) is 0 Å². The van der Waals surface area contributed by atoms with Crippen molar-refractivity contribution in [3.63, 3.8) is 0 Å². The third-order valence-corrected chi connectivity index (χ3v) is 8.94. The quantitative estimate of drug-likeness (QED) is 0.364. The number of benzene rings is 1. The zero-order chi connectivity index (χ0) is 26.5. The lowest BCUT2D eigenvalue weighted by Gasteiger charge is -2.46. The number of hydrogen-bond acceptors (Lipinski definition) is 5. The number of methoxy groups -OCH3 is 1. The average molecular weight is 508 g/mol. The van der Waals surface area contributed by atoms with Crippen LogP contribution in [0.15, 0.2) is 42.6 Å². The van der Waals surface area contributed by atoms with Gasteiger partial charge in [-0.05, 0) is 91.1 Å². The van der Waals surface area contributed by atoms with E-state index in [1.54, 1.807) is 7.11 Å². The van der Waals surface area contributed by atoms with Crippen molar-refractivity contribution < 1.29 is 9.84 Å². The first-order valence-corrected chi connectivity index (χ1v) is 14.4. The van der Waals surface area contributed by atoms with Gasteiger partial charge in [0, 0.05) is 45.7 Å². The van der Waals surface area contributed by atoms with E-state index in [1.165, 1.54) is 29.5 Å². The molecule has 2 aromatic rings. The van der Waals surface area contributed by atoms with Crippen molar-refractivity contribution in [2.24, 2.45) is 0 Å². The van der Waals surface area contributed by atoms with Gasteiger partial charge in [0.2, 0.25) is 0 Å². The van der Waals surface area contributed by atoms with Crippen LogP contribution in [-0.2, 0) is 15.6 Å². The molecular formula is C32H49N3O2. The minimum Gasteiger partial charge on any atom is -0.396 e. The molecule has 2 aliphatic rings. The molecule has 5 nitrogen and oxygen atoms in total. The van der Waals surface area contributed by atoms with Gasteiger partial charge in [-0.1, -0.05) is 52.0 Å². The van der Waals surface area contributed by atoms with Gasteiger partial charge in [-0.2, -0.15) is 0 Å². The predicted octanol–water partition coefficient (Wildman–Crippen LogP) is 6.25. The fourth-order valence-electron chi connectivity index (χ4n) is 6.52. The van der Waals surface area contributed by atoms with Crippen LogP contribution in [0.25, 0.3) is 0 Å². The van der Waals surface area contributed by atoms with E-state index in [4.69, 9.17) is 9.72 Å². The smallest absolute Gasteiger partial charge is 0.128 e. The van der Waals surface area contributed by atoms with Crippen molar-refractivity contribution in [1.82, 2.24) is 9.88 Å². The van der Waals surface area contributed by atoms with Crippen LogP contribution in [-0.4, -0.2) is 61.0 Å². The molecule has 1 saturated heterocycles. The molecule has 0 amide bonds. The maximum atomic E-state index is 9.38. The standard InChI is InChI=1S/C32H49N3O2/c1-31(2)15-16-32(3,4)28-23-25(12-13-27(28)31)29-24-26(14-20-35(29)30-11-6-7-17-33-30)34(18-8-9-21-36)19-10-22-37-5/h6-7,11-13,17,23,26,29,36H,8-10,14-16,18-22,24H2,1-5H3. The predicted molar refractivity (Wildman–Crippen MR) is 153 cm³/mol. The molecule has 2 unspecified atom stereocenters. The van der Waals surface area contributed by atoms with E-state index in [-0.39, 0.29) is 17.4 Å². The summed E-state index contributed by atoms with van der Waals surface area (Å²) in [6.07, 6.45) is 9.55. The summed E-state index contributed by atoms with van der Waals surface area (Å²) in [6, 6.07) is 14.5. The SMILES string of the molecule is COCCCN(CCCCO)C1CCN(c2ccccn2)C(c2ccc3c(c2)C(C)(C)CCC3(C)C)C1. The Hall–Kier alpha value is -1.95. The summed E-state index contributed by atoms with van der Waals surface area (Å²) in [5.41, 5.74) is 4.90. The van der Waals surface area contributed by atoms with Crippen LogP contribution in [0.4, 0.5) is 5.82 Å². The molecule has 1 fully saturated rings. The Bertz CT molecular complexity index is 981. The first kappa shape index (κ1) is 28.1. The highest BCUT2D eigenvalue weighted by molar-refractivity contribution is 5.48. The van der Waals surface area contributed by atoms with Crippen molar-refractivity contribution >= 4 is 5.82 Å². The number of anilines is 1. The van der Waals surface area contributed by atoms with Crippen LogP contribution in [0, 0.1) is 0 Å². The Morgan fingerprint density at radius 3 is 2.46 bits per heavy atom. The lowest BCUT2D eigenvalue weighted by molar-refractivity contribution is 0.123. The van der Waals surface area contributed by atoms with E-state index in [1.807, 2.05) is 12.3 Å². The molecule has 4 rings (SSSR count).